The van der Waals surface area contributed by atoms with Crippen LogP contribution >= 0.6 is 11.3 Å². The number of carboxylic acid groups (broad SMARTS) is 1. The zero-order chi connectivity index (χ0) is 20.4. The van der Waals surface area contributed by atoms with Gasteiger partial charge in [-0.1, -0.05) is 0 Å². The van der Waals surface area contributed by atoms with Gasteiger partial charge in [-0.3, -0.25) is 14.7 Å². The Balaban J connectivity index is 1.37. The maximum atomic E-state index is 12.8. The predicted octanol–water partition coefficient (Wildman–Crippen LogP) is 2.36. The lowest BCUT2D eigenvalue weighted by Gasteiger charge is -2.44. The number of likely N-dealkylation sites (N-methyl/N-ethyl adjacent to an activating group) is 1. The van der Waals surface area contributed by atoms with Crippen molar-refractivity contribution in [3.05, 3.63) is 51.5 Å². The molecule has 4 heterocycles. The molecule has 0 aliphatic carbocycles. The average Bonchev–Trinajstić information content (AvgIpc) is 3.16. The highest BCUT2D eigenvalue weighted by molar-refractivity contribution is 7.14. The Labute approximate surface area is 173 Å². The number of carbonyl (C=O) groups excluding carboxylic acids is 1. The molecule has 0 bridgehead atoms. The summed E-state index contributed by atoms with van der Waals surface area (Å²) in [6.45, 7) is 2.92. The molecule has 0 atom stereocenters. The maximum Gasteiger partial charge on any atom is 0.345 e. The summed E-state index contributed by atoms with van der Waals surface area (Å²) in [5.41, 5.74) is 1.70. The van der Waals surface area contributed by atoms with Crippen LogP contribution in [0.25, 0.3) is 0 Å². The van der Waals surface area contributed by atoms with Gasteiger partial charge in [-0.2, -0.15) is 0 Å². The van der Waals surface area contributed by atoms with E-state index in [4.69, 9.17) is 4.74 Å². The zero-order valence-corrected chi connectivity index (χ0v) is 17.3. The Bertz CT molecular complexity index is 891. The third-order valence-electron chi connectivity index (χ3n) is 5.75. The number of fused-ring (bicyclic) bond motifs is 2. The van der Waals surface area contributed by atoms with Crippen LogP contribution in [0.2, 0.25) is 0 Å². The van der Waals surface area contributed by atoms with Gasteiger partial charge in [0.1, 0.15) is 4.88 Å². The van der Waals surface area contributed by atoms with Gasteiger partial charge in [0.25, 0.3) is 0 Å². The van der Waals surface area contributed by atoms with E-state index in [1.807, 2.05) is 29.0 Å². The molecule has 0 unspecified atom stereocenters. The largest absolute Gasteiger partial charge is 0.477 e. The molecule has 1 spiro atoms. The van der Waals surface area contributed by atoms with Gasteiger partial charge in [0.05, 0.1) is 18.8 Å². The van der Waals surface area contributed by atoms with Crippen molar-refractivity contribution >= 4 is 23.2 Å². The number of amides is 1. The number of pyridine rings is 1. The van der Waals surface area contributed by atoms with Gasteiger partial charge in [-0.15, -0.1) is 11.3 Å². The monoisotopic (exact) mass is 415 g/mol. The summed E-state index contributed by atoms with van der Waals surface area (Å²) in [5.74, 6) is -0.770. The highest BCUT2D eigenvalue weighted by atomic mass is 32.1. The van der Waals surface area contributed by atoms with E-state index in [0.29, 0.717) is 50.5 Å². The number of thiophene rings is 1. The second-order valence-corrected chi connectivity index (χ2v) is 8.89. The minimum atomic E-state index is -0.885. The lowest BCUT2D eigenvalue weighted by Crippen LogP contribution is -2.49. The molecule has 7 nitrogen and oxygen atoms in total. The van der Waals surface area contributed by atoms with Crippen LogP contribution in [0.1, 0.15) is 38.5 Å². The van der Waals surface area contributed by atoms with Crippen molar-refractivity contribution < 1.29 is 19.4 Å². The predicted molar refractivity (Wildman–Crippen MR) is 109 cm³/mol. The Hall–Kier alpha value is -2.29. The van der Waals surface area contributed by atoms with Crippen LogP contribution in [0.5, 0.6) is 0 Å². The number of rotatable bonds is 5. The van der Waals surface area contributed by atoms with Crippen LogP contribution in [-0.2, 0) is 28.1 Å². The Kier molecular flexibility index (Phi) is 5.67. The van der Waals surface area contributed by atoms with Gasteiger partial charge in [-0.25, -0.2) is 4.79 Å². The fraction of sp³-hybridized carbons (Fsp3) is 0.476. The highest BCUT2D eigenvalue weighted by Gasteiger charge is 2.43. The van der Waals surface area contributed by atoms with Crippen molar-refractivity contribution in [1.29, 1.82) is 0 Å². The molecular formula is C21H25N3O4S. The summed E-state index contributed by atoms with van der Waals surface area (Å²) < 4.78 is 6.17. The standard InChI is InChI=1S/C21H25N3O4S/c1-23(13-15-2-7-22-8-3-15)14-19(25)24-9-5-21(6-10-24)16-12-18(20(26)27)29-17(16)4-11-28-21/h2-3,7-8,12H,4-6,9-11,13-14H2,1H3,(H,26,27). The lowest BCUT2D eigenvalue weighted by molar-refractivity contribution is -0.141. The van der Waals surface area contributed by atoms with Gasteiger partial charge in [0.2, 0.25) is 5.91 Å². The Morgan fingerprint density at radius 1 is 1.31 bits per heavy atom. The Morgan fingerprint density at radius 2 is 2.03 bits per heavy atom. The highest BCUT2D eigenvalue weighted by Crippen LogP contribution is 2.44. The molecule has 2 aromatic heterocycles. The number of hydrogen-bond acceptors (Lipinski definition) is 6. The molecule has 1 fully saturated rings. The molecule has 4 rings (SSSR count). The number of carbonyl (C=O) groups is 2. The summed E-state index contributed by atoms with van der Waals surface area (Å²) in [4.78, 5) is 33.6. The van der Waals surface area contributed by atoms with Crippen molar-refractivity contribution in [2.75, 3.05) is 33.3 Å². The van der Waals surface area contributed by atoms with Crippen LogP contribution in [0.3, 0.4) is 0 Å². The minimum absolute atomic E-state index is 0.115. The molecule has 2 aliphatic heterocycles. The zero-order valence-electron chi connectivity index (χ0n) is 16.5. The van der Waals surface area contributed by atoms with E-state index in [1.165, 1.54) is 11.3 Å². The van der Waals surface area contributed by atoms with Crippen LogP contribution in [0, 0.1) is 0 Å². The summed E-state index contributed by atoms with van der Waals surface area (Å²) >= 11 is 1.36. The minimum Gasteiger partial charge on any atom is -0.477 e. The fourth-order valence-corrected chi connectivity index (χ4v) is 5.31. The first-order chi connectivity index (χ1) is 14.0. The third kappa shape index (κ3) is 4.19. The van der Waals surface area contributed by atoms with Crippen molar-refractivity contribution in [1.82, 2.24) is 14.8 Å². The fourth-order valence-electron chi connectivity index (χ4n) is 4.24. The Morgan fingerprint density at radius 3 is 2.72 bits per heavy atom. The van der Waals surface area contributed by atoms with E-state index >= 15 is 0 Å². The molecule has 1 N–H and O–H groups in total. The number of nitrogens with zero attached hydrogens (tertiary/aromatic N) is 3. The van der Waals surface area contributed by atoms with Crippen LogP contribution < -0.4 is 0 Å². The lowest BCUT2D eigenvalue weighted by atomic mass is 9.82. The van der Waals surface area contributed by atoms with Crippen molar-refractivity contribution in [3.63, 3.8) is 0 Å². The molecule has 29 heavy (non-hydrogen) atoms. The van der Waals surface area contributed by atoms with Gasteiger partial charge >= 0.3 is 5.97 Å². The summed E-state index contributed by atoms with van der Waals surface area (Å²) in [6.07, 6.45) is 5.68. The average molecular weight is 416 g/mol. The first-order valence-electron chi connectivity index (χ1n) is 9.82. The number of aromatic carboxylic acids is 1. The van der Waals surface area contributed by atoms with E-state index in [0.717, 1.165) is 22.4 Å². The van der Waals surface area contributed by atoms with E-state index in [2.05, 4.69) is 4.98 Å². The molecule has 154 valence electrons. The van der Waals surface area contributed by atoms with Crippen LogP contribution in [-0.4, -0.2) is 65.1 Å². The number of likely N-dealkylation sites (tertiary alicyclic amines) is 1. The normalized spacial score (nSPS) is 18.1. The first kappa shape index (κ1) is 20.0. The van der Waals surface area contributed by atoms with Crippen LogP contribution in [0.15, 0.2) is 30.6 Å². The summed E-state index contributed by atoms with van der Waals surface area (Å²) in [5, 5.41) is 9.33. The summed E-state index contributed by atoms with van der Waals surface area (Å²) in [6, 6.07) is 5.69. The second-order valence-electron chi connectivity index (χ2n) is 7.75. The topological polar surface area (TPSA) is 83.0 Å². The SMILES string of the molecule is CN(CC(=O)N1CCC2(CC1)OCCc1sc(C(=O)O)cc12)Cc1ccncc1. The van der Waals surface area contributed by atoms with E-state index in [9.17, 15) is 14.7 Å². The van der Waals surface area contributed by atoms with Gasteiger partial charge in [0, 0.05) is 43.3 Å². The number of piperidine rings is 1. The smallest absolute Gasteiger partial charge is 0.345 e. The number of hydrogen-bond donors (Lipinski definition) is 1. The van der Waals surface area contributed by atoms with E-state index in [-0.39, 0.29) is 5.91 Å². The van der Waals surface area contributed by atoms with Gasteiger partial charge in [0.15, 0.2) is 0 Å². The quantitative estimate of drug-likeness (QED) is 0.807. The second kappa shape index (κ2) is 8.22. The van der Waals surface area contributed by atoms with Gasteiger partial charge in [-0.05, 0) is 49.2 Å². The van der Waals surface area contributed by atoms with Crippen molar-refractivity contribution in [2.45, 2.75) is 31.4 Å². The number of ether oxygens (including phenoxy) is 1. The molecule has 8 heteroatoms. The number of aromatic nitrogens is 1. The molecule has 0 aromatic carbocycles. The van der Waals surface area contributed by atoms with Gasteiger partial charge < -0.3 is 14.7 Å². The van der Waals surface area contributed by atoms with Crippen LogP contribution in [0.4, 0.5) is 0 Å². The maximum absolute atomic E-state index is 12.8. The molecular weight excluding hydrogens is 390 g/mol. The van der Waals surface area contributed by atoms with E-state index in [1.54, 1.807) is 18.5 Å². The number of carboxylic acids is 1. The van der Waals surface area contributed by atoms with Crippen molar-refractivity contribution in [3.8, 4) is 0 Å². The molecule has 2 aliphatic rings. The van der Waals surface area contributed by atoms with Crippen molar-refractivity contribution in [2.24, 2.45) is 0 Å². The molecule has 0 saturated carbocycles. The molecule has 1 saturated heterocycles. The third-order valence-corrected chi connectivity index (χ3v) is 6.93. The van der Waals surface area contributed by atoms with E-state index < -0.39 is 11.6 Å². The first-order valence-corrected chi connectivity index (χ1v) is 10.6. The molecule has 0 radical (unpaired) electrons. The summed E-state index contributed by atoms with van der Waals surface area (Å²) in [7, 11) is 1.94. The molecule has 1 amide bonds. The molecule has 2 aromatic rings.